The minimum Gasteiger partial charge on any atom is -0.382 e. The van der Waals surface area contributed by atoms with Crippen LogP contribution in [0.15, 0.2) is 18.2 Å². The summed E-state index contributed by atoms with van der Waals surface area (Å²) in [6.07, 6.45) is 0.769. The van der Waals surface area contributed by atoms with Crippen molar-refractivity contribution >= 4 is 17.3 Å². The van der Waals surface area contributed by atoms with Gasteiger partial charge < -0.3 is 10.6 Å². The molecule has 1 unspecified atom stereocenters. The van der Waals surface area contributed by atoms with Crippen LogP contribution in [-0.2, 0) is 4.79 Å². The molecule has 2 rings (SSSR count). The maximum Gasteiger partial charge on any atom is 0.232 e. The third-order valence-corrected chi connectivity index (χ3v) is 3.39. The van der Waals surface area contributed by atoms with E-state index in [4.69, 9.17) is 5.26 Å². The summed E-state index contributed by atoms with van der Waals surface area (Å²) >= 11 is 0. The van der Waals surface area contributed by atoms with Gasteiger partial charge in [-0.3, -0.25) is 4.79 Å². The van der Waals surface area contributed by atoms with Crippen molar-refractivity contribution in [3.63, 3.8) is 0 Å². The zero-order chi connectivity index (χ0) is 12.5. The van der Waals surface area contributed by atoms with Gasteiger partial charge in [0.05, 0.1) is 28.4 Å². The Morgan fingerprint density at radius 3 is 2.88 bits per heavy atom. The number of nitrogens with zero attached hydrogens (tertiary/aromatic N) is 1. The molecular weight excluding hydrogens is 214 g/mol. The summed E-state index contributed by atoms with van der Waals surface area (Å²) in [5, 5.41) is 15.0. The molecule has 1 heterocycles. The van der Waals surface area contributed by atoms with E-state index in [0.717, 1.165) is 17.8 Å². The molecule has 1 amide bonds. The second-order valence-corrected chi connectivity index (χ2v) is 4.59. The quantitative estimate of drug-likeness (QED) is 0.776. The molecule has 1 aromatic carbocycles. The standard InChI is InChI=1S/C13H15N3O/c1-3-13(2)8-15-11-6-9(7-14)4-5-10(11)16-12(13)17/h4-6,15H,3,8H2,1-2H3,(H,16,17). The average molecular weight is 229 g/mol. The van der Waals surface area contributed by atoms with Gasteiger partial charge in [-0.05, 0) is 31.5 Å². The van der Waals surface area contributed by atoms with Crippen LogP contribution in [0.4, 0.5) is 11.4 Å². The summed E-state index contributed by atoms with van der Waals surface area (Å²) in [7, 11) is 0. The van der Waals surface area contributed by atoms with Crippen LogP contribution in [-0.4, -0.2) is 12.5 Å². The predicted octanol–water partition coefficient (Wildman–Crippen LogP) is 2.34. The van der Waals surface area contributed by atoms with E-state index in [2.05, 4.69) is 16.7 Å². The summed E-state index contributed by atoms with van der Waals surface area (Å²) in [4.78, 5) is 12.1. The molecule has 17 heavy (non-hydrogen) atoms. The molecule has 4 heteroatoms. The fourth-order valence-corrected chi connectivity index (χ4v) is 1.80. The number of hydrogen-bond donors (Lipinski definition) is 2. The first kappa shape index (κ1) is 11.5. The monoisotopic (exact) mass is 229 g/mol. The Kier molecular flexibility index (Phi) is 2.76. The maximum absolute atomic E-state index is 12.1. The van der Waals surface area contributed by atoms with E-state index in [1.165, 1.54) is 0 Å². The molecule has 1 aliphatic rings. The smallest absolute Gasteiger partial charge is 0.232 e. The van der Waals surface area contributed by atoms with Gasteiger partial charge in [-0.25, -0.2) is 0 Å². The van der Waals surface area contributed by atoms with Crippen LogP contribution in [0.3, 0.4) is 0 Å². The fraction of sp³-hybridized carbons (Fsp3) is 0.385. The number of nitriles is 1. The highest BCUT2D eigenvalue weighted by molar-refractivity contribution is 5.99. The first-order chi connectivity index (χ1) is 8.09. The molecule has 88 valence electrons. The second kappa shape index (κ2) is 4.10. The van der Waals surface area contributed by atoms with Crippen molar-refractivity contribution in [2.24, 2.45) is 5.41 Å². The molecule has 0 saturated heterocycles. The summed E-state index contributed by atoms with van der Waals surface area (Å²) in [6, 6.07) is 7.32. The minimum atomic E-state index is -0.411. The van der Waals surface area contributed by atoms with Gasteiger partial charge in [-0.15, -0.1) is 0 Å². The Hall–Kier alpha value is -2.02. The van der Waals surface area contributed by atoms with E-state index in [0.29, 0.717) is 12.1 Å². The highest BCUT2D eigenvalue weighted by Crippen LogP contribution is 2.32. The molecule has 1 atom stereocenters. The zero-order valence-corrected chi connectivity index (χ0v) is 10.0. The van der Waals surface area contributed by atoms with Gasteiger partial charge in [0.1, 0.15) is 0 Å². The predicted molar refractivity (Wildman–Crippen MR) is 66.7 cm³/mol. The van der Waals surface area contributed by atoms with Crippen molar-refractivity contribution in [2.75, 3.05) is 17.2 Å². The van der Waals surface area contributed by atoms with Gasteiger partial charge in [0.25, 0.3) is 0 Å². The Balaban J connectivity index is 2.39. The average Bonchev–Trinajstić information content (AvgIpc) is 2.48. The lowest BCUT2D eigenvalue weighted by molar-refractivity contribution is -0.124. The number of nitrogens with one attached hydrogen (secondary N) is 2. The molecule has 2 N–H and O–H groups in total. The Morgan fingerprint density at radius 2 is 2.24 bits per heavy atom. The third-order valence-electron chi connectivity index (χ3n) is 3.39. The normalized spacial score (nSPS) is 22.8. The Bertz CT molecular complexity index is 504. The number of amides is 1. The number of benzene rings is 1. The van der Waals surface area contributed by atoms with Crippen molar-refractivity contribution in [1.82, 2.24) is 0 Å². The van der Waals surface area contributed by atoms with Crippen molar-refractivity contribution in [3.05, 3.63) is 23.8 Å². The lowest BCUT2D eigenvalue weighted by Gasteiger charge is -2.23. The molecule has 0 spiro atoms. The molecule has 0 fully saturated rings. The molecule has 0 saturated carbocycles. The van der Waals surface area contributed by atoms with Gasteiger partial charge in [0, 0.05) is 6.54 Å². The lowest BCUT2D eigenvalue weighted by atomic mass is 9.86. The molecule has 1 aromatic rings. The lowest BCUT2D eigenvalue weighted by Crippen LogP contribution is -2.36. The largest absolute Gasteiger partial charge is 0.382 e. The Morgan fingerprint density at radius 1 is 1.47 bits per heavy atom. The summed E-state index contributed by atoms with van der Waals surface area (Å²) in [5.74, 6) is 0.0240. The van der Waals surface area contributed by atoms with Crippen LogP contribution >= 0.6 is 0 Å². The molecule has 0 aromatic heterocycles. The van der Waals surface area contributed by atoms with Crippen LogP contribution in [0.5, 0.6) is 0 Å². The van der Waals surface area contributed by atoms with E-state index in [1.807, 2.05) is 13.8 Å². The van der Waals surface area contributed by atoms with Crippen LogP contribution < -0.4 is 10.6 Å². The van der Waals surface area contributed by atoms with Crippen molar-refractivity contribution in [3.8, 4) is 6.07 Å². The van der Waals surface area contributed by atoms with Gasteiger partial charge in [0.15, 0.2) is 0 Å². The summed E-state index contributed by atoms with van der Waals surface area (Å²) in [5.41, 5.74) is 1.73. The van der Waals surface area contributed by atoms with Crippen LogP contribution in [0, 0.1) is 16.7 Å². The first-order valence-corrected chi connectivity index (χ1v) is 5.68. The number of fused-ring (bicyclic) bond motifs is 1. The number of rotatable bonds is 1. The molecule has 0 bridgehead atoms. The number of hydrogen-bond acceptors (Lipinski definition) is 3. The van der Waals surface area contributed by atoms with Crippen molar-refractivity contribution in [2.45, 2.75) is 20.3 Å². The third kappa shape index (κ3) is 1.96. The molecule has 1 aliphatic heterocycles. The van der Waals surface area contributed by atoms with E-state index in [9.17, 15) is 4.79 Å². The topological polar surface area (TPSA) is 64.9 Å². The maximum atomic E-state index is 12.1. The number of carbonyl (C=O) groups excluding carboxylic acids is 1. The first-order valence-electron chi connectivity index (χ1n) is 5.68. The second-order valence-electron chi connectivity index (χ2n) is 4.59. The molecule has 0 radical (unpaired) electrons. The van der Waals surface area contributed by atoms with Crippen LogP contribution in [0.2, 0.25) is 0 Å². The van der Waals surface area contributed by atoms with Crippen LogP contribution in [0.25, 0.3) is 0 Å². The van der Waals surface area contributed by atoms with E-state index >= 15 is 0 Å². The van der Waals surface area contributed by atoms with Gasteiger partial charge in [0.2, 0.25) is 5.91 Å². The minimum absolute atomic E-state index is 0.0240. The molecule has 0 aliphatic carbocycles. The highest BCUT2D eigenvalue weighted by Gasteiger charge is 2.33. The SMILES string of the molecule is CCC1(C)CNc2cc(C#N)ccc2NC1=O. The Labute approximate surface area is 101 Å². The zero-order valence-electron chi connectivity index (χ0n) is 10.0. The van der Waals surface area contributed by atoms with E-state index in [1.54, 1.807) is 18.2 Å². The highest BCUT2D eigenvalue weighted by atomic mass is 16.2. The number of carbonyl (C=O) groups is 1. The van der Waals surface area contributed by atoms with E-state index < -0.39 is 5.41 Å². The van der Waals surface area contributed by atoms with Crippen molar-refractivity contribution < 1.29 is 4.79 Å². The van der Waals surface area contributed by atoms with Gasteiger partial charge >= 0.3 is 0 Å². The fourth-order valence-electron chi connectivity index (χ4n) is 1.80. The van der Waals surface area contributed by atoms with Gasteiger partial charge in [-0.1, -0.05) is 6.92 Å². The summed E-state index contributed by atoms with van der Waals surface area (Å²) in [6.45, 7) is 4.52. The number of anilines is 2. The van der Waals surface area contributed by atoms with Crippen molar-refractivity contribution in [1.29, 1.82) is 5.26 Å². The van der Waals surface area contributed by atoms with Crippen LogP contribution in [0.1, 0.15) is 25.8 Å². The van der Waals surface area contributed by atoms with Gasteiger partial charge in [-0.2, -0.15) is 5.26 Å². The van der Waals surface area contributed by atoms with E-state index in [-0.39, 0.29) is 5.91 Å². The summed E-state index contributed by atoms with van der Waals surface area (Å²) < 4.78 is 0. The molecular formula is C13H15N3O. The molecule has 4 nitrogen and oxygen atoms in total.